The molecule has 0 aromatic carbocycles. The Bertz CT molecular complexity index is 193. The lowest BCUT2D eigenvalue weighted by Gasteiger charge is -2.38. The second-order valence-electron chi connectivity index (χ2n) is 4.50. The molecule has 0 aromatic rings. The predicted molar refractivity (Wildman–Crippen MR) is 51.7 cm³/mol. The lowest BCUT2D eigenvalue weighted by Crippen LogP contribution is -2.45. The molecule has 0 saturated carbocycles. The van der Waals surface area contributed by atoms with Gasteiger partial charge in [0.05, 0.1) is 5.41 Å². The highest BCUT2D eigenvalue weighted by Gasteiger charge is 2.37. The molecule has 1 heterocycles. The van der Waals surface area contributed by atoms with E-state index in [0.717, 1.165) is 25.9 Å². The Morgan fingerprint density at radius 3 is 2.15 bits per heavy atom. The molecule has 0 aromatic heterocycles. The first-order chi connectivity index (χ1) is 5.96. The van der Waals surface area contributed by atoms with E-state index < -0.39 is 11.4 Å². The Hall–Kier alpha value is -0.570. The molecular weight excluding hydrogens is 166 g/mol. The van der Waals surface area contributed by atoms with E-state index >= 15 is 0 Å². The van der Waals surface area contributed by atoms with E-state index in [9.17, 15) is 4.79 Å². The molecule has 1 aliphatic heterocycles. The van der Waals surface area contributed by atoms with Crippen LogP contribution >= 0.6 is 0 Å². The molecule has 0 radical (unpaired) electrons. The van der Waals surface area contributed by atoms with Gasteiger partial charge in [-0.1, -0.05) is 0 Å². The molecule has 1 rings (SSSR count). The van der Waals surface area contributed by atoms with Gasteiger partial charge in [-0.3, -0.25) is 4.79 Å². The van der Waals surface area contributed by atoms with Crippen LogP contribution in [0.2, 0.25) is 0 Å². The van der Waals surface area contributed by atoms with E-state index in [-0.39, 0.29) is 0 Å². The van der Waals surface area contributed by atoms with Crippen molar-refractivity contribution in [2.45, 2.75) is 39.7 Å². The van der Waals surface area contributed by atoms with Crippen molar-refractivity contribution in [3.05, 3.63) is 0 Å². The van der Waals surface area contributed by atoms with Gasteiger partial charge in [0.15, 0.2) is 0 Å². The zero-order valence-electron chi connectivity index (χ0n) is 8.71. The molecule has 0 atom stereocenters. The van der Waals surface area contributed by atoms with E-state index in [1.807, 2.05) is 6.92 Å². The number of hydrogen-bond acceptors (Lipinski definition) is 2. The second kappa shape index (κ2) is 3.66. The number of carbonyl (C=O) groups is 1. The summed E-state index contributed by atoms with van der Waals surface area (Å²) < 4.78 is 0. The number of piperidine rings is 1. The lowest BCUT2D eigenvalue weighted by atomic mass is 9.80. The van der Waals surface area contributed by atoms with Gasteiger partial charge in [0.25, 0.3) is 0 Å². The van der Waals surface area contributed by atoms with Crippen molar-refractivity contribution >= 4 is 5.97 Å². The summed E-state index contributed by atoms with van der Waals surface area (Å²) in [5.41, 5.74) is -0.481. The van der Waals surface area contributed by atoms with Gasteiger partial charge in [-0.2, -0.15) is 0 Å². The Balaban J connectivity index is 2.51. The van der Waals surface area contributed by atoms with Crippen molar-refractivity contribution in [3.8, 4) is 0 Å². The number of likely N-dealkylation sites (tertiary alicyclic amines) is 1. The number of rotatable bonds is 2. The average molecular weight is 185 g/mol. The van der Waals surface area contributed by atoms with Crippen LogP contribution in [0.5, 0.6) is 0 Å². The first-order valence-electron chi connectivity index (χ1n) is 4.93. The van der Waals surface area contributed by atoms with E-state index in [1.165, 1.54) is 0 Å². The summed E-state index contributed by atoms with van der Waals surface area (Å²) in [6.07, 6.45) is 1.56. The van der Waals surface area contributed by atoms with Crippen LogP contribution in [-0.2, 0) is 4.79 Å². The van der Waals surface area contributed by atoms with Crippen molar-refractivity contribution in [1.82, 2.24) is 4.90 Å². The number of carboxylic acid groups (broad SMARTS) is 1. The third-order valence-corrected chi connectivity index (χ3v) is 3.15. The minimum Gasteiger partial charge on any atom is -0.481 e. The van der Waals surface area contributed by atoms with Crippen LogP contribution in [-0.4, -0.2) is 35.1 Å². The number of carboxylic acids is 1. The highest BCUT2D eigenvalue weighted by Crippen LogP contribution is 2.31. The number of hydrogen-bond donors (Lipinski definition) is 1. The Kier molecular flexibility index (Phi) is 2.96. The maximum absolute atomic E-state index is 10.9. The zero-order chi connectivity index (χ0) is 10.1. The fourth-order valence-corrected chi connectivity index (χ4v) is 1.75. The van der Waals surface area contributed by atoms with Crippen LogP contribution in [0.1, 0.15) is 33.6 Å². The zero-order valence-corrected chi connectivity index (χ0v) is 8.71. The van der Waals surface area contributed by atoms with Crippen LogP contribution in [0.4, 0.5) is 0 Å². The quantitative estimate of drug-likeness (QED) is 0.710. The summed E-state index contributed by atoms with van der Waals surface area (Å²) in [6.45, 7) is 8.00. The molecule has 1 fully saturated rings. The van der Waals surface area contributed by atoms with E-state index in [0.29, 0.717) is 6.04 Å². The smallest absolute Gasteiger partial charge is 0.309 e. The summed E-state index contributed by atoms with van der Waals surface area (Å²) in [7, 11) is 0. The van der Waals surface area contributed by atoms with Gasteiger partial charge in [0.2, 0.25) is 0 Å². The SMILES string of the molecule is CC(C)N1CCC(C)(C(=O)O)CC1. The molecule has 1 aliphatic rings. The fraction of sp³-hybridized carbons (Fsp3) is 0.900. The van der Waals surface area contributed by atoms with Gasteiger partial charge in [0.1, 0.15) is 0 Å². The van der Waals surface area contributed by atoms with Crippen molar-refractivity contribution in [2.24, 2.45) is 5.41 Å². The second-order valence-corrected chi connectivity index (χ2v) is 4.50. The molecule has 1 saturated heterocycles. The molecular formula is C10H19NO2. The topological polar surface area (TPSA) is 40.5 Å². The maximum Gasteiger partial charge on any atom is 0.309 e. The van der Waals surface area contributed by atoms with Crippen molar-refractivity contribution in [3.63, 3.8) is 0 Å². The monoisotopic (exact) mass is 185 g/mol. The predicted octanol–water partition coefficient (Wildman–Crippen LogP) is 1.58. The van der Waals surface area contributed by atoms with Crippen molar-refractivity contribution in [2.75, 3.05) is 13.1 Å². The number of aliphatic carboxylic acids is 1. The average Bonchev–Trinajstić information content (AvgIpc) is 2.04. The molecule has 0 spiro atoms. The molecule has 3 heteroatoms. The third kappa shape index (κ3) is 2.21. The summed E-state index contributed by atoms with van der Waals surface area (Å²) in [5.74, 6) is -0.643. The first-order valence-corrected chi connectivity index (χ1v) is 4.93. The van der Waals surface area contributed by atoms with Crippen LogP contribution in [0.15, 0.2) is 0 Å². The minimum absolute atomic E-state index is 0.481. The Morgan fingerprint density at radius 1 is 1.38 bits per heavy atom. The third-order valence-electron chi connectivity index (χ3n) is 3.15. The Labute approximate surface area is 79.7 Å². The van der Waals surface area contributed by atoms with Crippen LogP contribution in [0, 0.1) is 5.41 Å². The molecule has 76 valence electrons. The van der Waals surface area contributed by atoms with Gasteiger partial charge in [-0.25, -0.2) is 0 Å². The summed E-state index contributed by atoms with van der Waals surface area (Å²) in [6, 6.07) is 0.540. The van der Waals surface area contributed by atoms with Crippen molar-refractivity contribution < 1.29 is 9.90 Å². The normalized spacial score (nSPS) is 23.4. The summed E-state index contributed by atoms with van der Waals surface area (Å²) >= 11 is 0. The highest BCUT2D eigenvalue weighted by molar-refractivity contribution is 5.74. The fourth-order valence-electron chi connectivity index (χ4n) is 1.75. The number of nitrogens with zero attached hydrogens (tertiary/aromatic N) is 1. The van der Waals surface area contributed by atoms with E-state index in [2.05, 4.69) is 18.7 Å². The van der Waals surface area contributed by atoms with Gasteiger partial charge >= 0.3 is 5.97 Å². The van der Waals surface area contributed by atoms with Gasteiger partial charge in [-0.15, -0.1) is 0 Å². The summed E-state index contributed by atoms with van der Waals surface area (Å²) in [4.78, 5) is 13.3. The molecule has 3 nitrogen and oxygen atoms in total. The molecule has 1 N–H and O–H groups in total. The molecule has 0 amide bonds. The van der Waals surface area contributed by atoms with Gasteiger partial charge in [0, 0.05) is 6.04 Å². The van der Waals surface area contributed by atoms with E-state index in [4.69, 9.17) is 5.11 Å². The lowest BCUT2D eigenvalue weighted by molar-refractivity contribution is -0.151. The molecule has 13 heavy (non-hydrogen) atoms. The largest absolute Gasteiger partial charge is 0.481 e. The molecule has 0 bridgehead atoms. The van der Waals surface area contributed by atoms with E-state index in [1.54, 1.807) is 0 Å². The minimum atomic E-state index is -0.643. The van der Waals surface area contributed by atoms with Crippen LogP contribution in [0.25, 0.3) is 0 Å². The maximum atomic E-state index is 10.9. The highest BCUT2D eigenvalue weighted by atomic mass is 16.4. The summed E-state index contributed by atoms with van der Waals surface area (Å²) in [5, 5.41) is 9.00. The van der Waals surface area contributed by atoms with Crippen LogP contribution in [0.3, 0.4) is 0 Å². The van der Waals surface area contributed by atoms with Gasteiger partial charge in [-0.05, 0) is 46.7 Å². The van der Waals surface area contributed by atoms with Crippen LogP contribution < -0.4 is 0 Å². The van der Waals surface area contributed by atoms with Gasteiger partial charge < -0.3 is 10.0 Å². The van der Waals surface area contributed by atoms with Crippen molar-refractivity contribution in [1.29, 1.82) is 0 Å². The molecule has 0 unspecified atom stereocenters. The molecule has 0 aliphatic carbocycles. The Morgan fingerprint density at radius 2 is 1.85 bits per heavy atom. The standard InChI is InChI=1S/C10H19NO2/c1-8(2)11-6-4-10(3,5-7-11)9(12)13/h8H,4-7H2,1-3H3,(H,12,13). The first kappa shape index (κ1) is 10.5.